The molecular weight excluding hydrogens is 385 g/mol. The van der Waals surface area contributed by atoms with E-state index in [9.17, 15) is 0 Å². The van der Waals surface area contributed by atoms with Gasteiger partial charge in [-0.1, -0.05) is 64.1 Å². The van der Waals surface area contributed by atoms with Crippen molar-refractivity contribution in [3.63, 3.8) is 0 Å². The highest BCUT2D eigenvalue weighted by Gasteiger charge is 2.22. The van der Waals surface area contributed by atoms with E-state index in [-0.39, 0.29) is 32.9 Å². The third kappa shape index (κ3) is 3.13. The first-order valence-electron chi connectivity index (χ1n) is 5.78. The summed E-state index contributed by atoms with van der Waals surface area (Å²) in [4.78, 5) is 6.52. The fourth-order valence-electron chi connectivity index (χ4n) is 1.90. The quantitative estimate of drug-likeness (QED) is 0.368. The molecule has 0 radical (unpaired) electrons. The highest BCUT2D eigenvalue weighted by atomic mass is 35.5. The Balaban J connectivity index is 2.65. The number of nitrogens with zero attached hydrogens (tertiary/aromatic N) is 2. The van der Waals surface area contributed by atoms with Gasteiger partial charge in [0.05, 0.1) is 23.2 Å². The Morgan fingerprint density at radius 2 is 1.41 bits per heavy atom. The van der Waals surface area contributed by atoms with E-state index in [2.05, 4.69) is 9.69 Å². The normalized spacial score (nSPS) is 10.1. The van der Waals surface area contributed by atoms with Gasteiger partial charge in [0.1, 0.15) is 0 Å². The number of hydrogen-bond acceptors (Lipinski definition) is 0. The second kappa shape index (κ2) is 6.97. The van der Waals surface area contributed by atoms with Crippen LogP contribution >= 0.6 is 58.0 Å². The van der Waals surface area contributed by atoms with E-state index in [0.29, 0.717) is 15.6 Å². The number of halogens is 5. The summed E-state index contributed by atoms with van der Waals surface area (Å²) in [6.07, 6.45) is 0.272. The maximum absolute atomic E-state index is 7.19. The molecule has 0 bridgehead atoms. The van der Waals surface area contributed by atoms with Gasteiger partial charge in [-0.15, -0.1) is 0 Å². The third-order valence-electron chi connectivity index (χ3n) is 2.97. The predicted molar refractivity (Wildman–Crippen MR) is 93.3 cm³/mol. The van der Waals surface area contributed by atoms with Gasteiger partial charge in [-0.2, -0.15) is 0 Å². The molecule has 0 aliphatic heterocycles. The molecule has 0 saturated carbocycles. The molecule has 0 amide bonds. The molecule has 22 heavy (non-hydrogen) atoms. The lowest BCUT2D eigenvalue weighted by atomic mass is 10.0. The van der Waals surface area contributed by atoms with Gasteiger partial charge in [0.15, 0.2) is 0 Å². The van der Waals surface area contributed by atoms with E-state index in [1.807, 2.05) is 0 Å². The SMILES string of the molecule is [C-]#[N+]c1c(Cl)c(Cl)c(Cc2ccc(Cl)cc2Cl)c(Cl)c1[N+]#[C-]. The van der Waals surface area contributed by atoms with Gasteiger partial charge < -0.3 is 0 Å². The molecule has 0 fully saturated rings. The van der Waals surface area contributed by atoms with Gasteiger partial charge in [-0.3, -0.25) is 0 Å². The van der Waals surface area contributed by atoms with Crippen LogP contribution in [0.25, 0.3) is 9.69 Å². The summed E-state index contributed by atoms with van der Waals surface area (Å²) in [5, 5.41) is 1.24. The highest BCUT2D eigenvalue weighted by molar-refractivity contribution is 6.47. The van der Waals surface area contributed by atoms with Crippen LogP contribution in [0.1, 0.15) is 11.1 Å². The van der Waals surface area contributed by atoms with Crippen LogP contribution in [-0.2, 0) is 6.42 Å². The third-order valence-corrected chi connectivity index (χ3v) is 4.84. The Morgan fingerprint density at radius 3 is 1.95 bits per heavy atom. The zero-order valence-corrected chi connectivity index (χ0v) is 14.5. The van der Waals surface area contributed by atoms with Gasteiger partial charge in [-0.05, 0) is 23.3 Å². The Bertz CT molecular complexity index is 847. The van der Waals surface area contributed by atoms with Crippen molar-refractivity contribution < 1.29 is 0 Å². The average Bonchev–Trinajstić information content (AvgIpc) is 2.49. The van der Waals surface area contributed by atoms with E-state index in [4.69, 9.17) is 71.1 Å². The fourth-order valence-corrected chi connectivity index (χ4v) is 3.21. The van der Waals surface area contributed by atoms with Crippen LogP contribution in [0.4, 0.5) is 11.4 Å². The zero-order chi connectivity index (χ0) is 16.4. The van der Waals surface area contributed by atoms with E-state index >= 15 is 0 Å². The van der Waals surface area contributed by atoms with Gasteiger partial charge in [0.25, 0.3) is 0 Å². The van der Waals surface area contributed by atoms with Gasteiger partial charge in [0, 0.05) is 21.5 Å². The van der Waals surface area contributed by atoms with Crippen LogP contribution in [0, 0.1) is 13.1 Å². The highest BCUT2D eigenvalue weighted by Crippen LogP contribution is 2.49. The fraction of sp³-hybridized carbons (Fsp3) is 0.0667. The lowest BCUT2D eigenvalue weighted by Crippen LogP contribution is -1.94. The molecule has 0 N–H and O–H groups in total. The lowest BCUT2D eigenvalue weighted by molar-refractivity contribution is 1.20. The molecule has 0 spiro atoms. The summed E-state index contributed by atoms with van der Waals surface area (Å²) < 4.78 is 0. The Morgan fingerprint density at radius 1 is 0.818 bits per heavy atom. The van der Waals surface area contributed by atoms with E-state index in [1.165, 1.54) is 0 Å². The molecule has 0 aliphatic rings. The summed E-state index contributed by atoms with van der Waals surface area (Å²) in [5.41, 5.74) is 1.14. The van der Waals surface area contributed by atoms with Gasteiger partial charge in [-0.25, -0.2) is 9.69 Å². The molecule has 2 nitrogen and oxygen atoms in total. The first kappa shape index (κ1) is 17.2. The van der Waals surface area contributed by atoms with Crippen molar-refractivity contribution in [1.82, 2.24) is 0 Å². The second-order valence-electron chi connectivity index (χ2n) is 4.25. The Labute approximate surface area is 152 Å². The van der Waals surface area contributed by atoms with Crippen molar-refractivity contribution in [3.8, 4) is 0 Å². The lowest BCUT2D eigenvalue weighted by Gasteiger charge is -2.13. The first-order chi connectivity index (χ1) is 10.4. The van der Waals surface area contributed by atoms with E-state index < -0.39 is 0 Å². The summed E-state index contributed by atoms with van der Waals surface area (Å²) >= 11 is 30.5. The zero-order valence-electron chi connectivity index (χ0n) is 10.7. The molecule has 0 unspecified atom stereocenters. The van der Waals surface area contributed by atoms with Crippen LogP contribution in [-0.4, -0.2) is 0 Å². The minimum absolute atomic E-state index is 0.00819. The van der Waals surface area contributed by atoms with Crippen LogP contribution in [0.3, 0.4) is 0 Å². The standard InChI is InChI=1S/C15H5Cl5N2/c1-21-14-12(19)9(11(18)13(20)15(14)22-2)5-7-3-4-8(16)6-10(7)17/h3-4,6H,5H2. The van der Waals surface area contributed by atoms with Crippen molar-refractivity contribution in [2.75, 3.05) is 0 Å². The molecule has 0 heterocycles. The minimum atomic E-state index is -0.0439. The summed E-state index contributed by atoms with van der Waals surface area (Å²) in [5.74, 6) is 0. The van der Waals surface area contributed by atoms with E-state index in [1.54, 1.807) is 18.2 Å². The molecule has 2 aromatic carbocycles. The molecule has 0 saturated heterocycles. The maximum atomic E-state index is 7.19. The second-order valence-corrected chi connectivity index (χ2v) is 6.23. The Hall–Kier alpha value is -1.13. The van der Waals surface area contributed by atoms with Crippen LogP contribution in [0.5, 0.6) is 0 Å². The van der Waals surface area contributed by atoms with Crippen molar-refractivity contribution >= 4 is 69.4 Å². The smallest absolute Gasteiger partial charge is 0.215 e. The molecule has 2 rings (SSSR count). The molecule has 0 aliphatic carbocycles. The van der Waals surface area contributed by atoms with Crippen molar-refractivity contribution in [2.24, 2.45) is 0 Å². The van der Waals surface area contributed by atoms with Gasteiger partial charge >= 0.3 is 0 Å². The average molecular weight is 390 g/mol. The van der Waals surface area contributed by atoms with Crippen molar-refractivity contribution in [1.29, 1.82) is 0 Å². The number of hydrogen-bond donors (Lipinski definition) is 0. The maximum Gasteiger partial charge on any atom is 0.215 e. The monoisotopic (exact) mass is 388 g/mol. The molecule has 0 atom stereocenters. The van der Waals surface area contributed by atoms with Crippen molar-refractivity contribution in [2.45, 2.75) is 6.42 Å². The largest absolute Gasteiger partial charge is 0.248 e. The van der Waals surface area contributed by atoms with Crippen LogP contribution in [0.15, 0.2) is 18.2 Å². The Kier molecular flexibility index (Phi) is 5.45. The number of benzene rings is 2. The van der Waals surface area contributed by atoms with Crippen LogP contribution < -0.4 is 0 Å². The molecule has 2 aromatic rings. The molecule has 0 aromatic heterocycles. The number of rotatable bonds is 2. The topological polar surface area (TPSA) is 8.72 Å². The molecule has 110 valence electrons. The molecule has 7 heteroatoms. The first-order valence-corrected chi connectivity index (χ1v) is 7.67. The minimum Gasteiger partial charge on any atom is -0.248 e. The van der Waals surface area contributed by atoms with Crippen molar-refractivity contribution in [3.05, 3.63) is 77.3 Å². The van der Waals surface area contributed by atoms with E-state index in [0.717, 1.165) is 5.56 Å². The van der Waals surface area contributed by atoms with Gasteiger partial charge in [0.2, 0.25) is 11.4 Å². The summed E-state index contributed by atoms with van der Waals surface area (Å²) in [6, 6.07) is 5.03. The summed E-state index contributed by atoms with van der Waals surface area (Å²) in [6.45, 7) is 14.3. The molecular formula is C15H5Cl5N2. The summed E-state index contributed by atoms with van der Waals surface area (Å²) in [7, 11) is 0. The van der Waals surface area contributed by atoms with Crippen LogP contribution in [0.2, 0.25) is 25.1 Å². The predicted octanol–water partition coefficient (Wildman–Crippen LogP) is 7.65.